The van der Waals surface area contributed by atoms with Crippen LogP contribution in [-0.2, 0) is 10.0 Å². The molecule has 188 valence electrons. The summed E-state index contributed by atoms with van der Waals surface area (Å²) in [6.07, 6.45) is 2.84. The quantitative estimate of drug-likeness (QED) is 0.524. The van der Waals surface area contributed by atoms with Crippen LogP contribution in [-0.4, -0.2) is 56.2 Å². The van der Waals surface area contributed by atoms with Crippen molar-refractivity contribution in [3.05, 3.63) is 57.8 Å². The molecule has 2 aliphatic rings. The molecule has 7 nitrogen and oxygen atoms in total. The molecule has 0 bridgehead atoms. The second-order valence-corrected chi connectivity index (χ2v) is 12.0. The van der Waals surface area contributed by atoms with E-state index in [1.54, 1.807) is 6.07 Å². The zero-order chi connectivity index (χ0) is 25.2. The highest BCUT2D eigenvalue weighted by Crippen LogP contribution is 2.38. The number of hydrogen-bond acceptors (Lipinski definition) is 6. The topological polar surface area (TPSA) is 103 Å². The van der Waals surface area contributed by atoms with Gasteiger partial charge in [0.2, 0.25) is 10.0 Å². The van der Waals surface area contributed by atoms with Crippen LogP contribution in [0, 0.1) is 22.6 Å². The van der Waals surface area contributed by atoms with Gasteiger partial charge in [-0.2, -0.15) is 9.57 Å². The first-order chi connectivity index (χ1) is 16.6. The lowest BCUT2D eigenvalue weighted by atomic mass is 9.81. The summed E-state index contributed by atoms with van der Waals surface area (Å²) < 4.78 is 47.6. The summed E-state index contributed by atoms with van der Waals surface area (Å²) in [5, 5.41) is 22.6. The summed E-state index contributed by atoms with van der Waals surface area (Å²) >= 11 is 12.1. The Morgan fingerprint density at radius 3 is 2.51 bits per heavy atom. The highest BCUT2D eigenvalue weighted by atomic mass is 35.5. The monoisotopic (exact) mass is 541 g/mol. The fourth-order valence-electron chi connectivity index (χ4n) is 4.50. The lowest BCUT2D eigenvalue weighted by molar-refractivity contribution is 0.0141. The number of aliphatic hydroxyl groups is 1. The molecule has 1 saturated heterocycles. The average Bonchev–Trinajstić information content (AvgIpc) is 2.79. The van der Waals surface area contributed by atoms with Crippen LogP contribution in [0.2, 0.25) is 10.0 Å². The Labute approximate surface area is 214 Å². The van der Waals surface area contributed by atoms with Gasteiger partial charge in [-0.05, 0) is 56.0 Å². The highest BCUT2D eigenvalue weighted by molar-refractivity contribution is 7.89. The fraction of sp³-hybridized carbons (Fsp3) is 0.458. The molecule has 0 unspecified atom stereocenters. The number of ether oxygens (including phenoxy) is 1. The molecule has 2 aromatic carbocycles. The first-order valence-corrected chi connectivity index (χ1v) is 13.5. The van der Waals surface area contributed by atoms with Gasteiger partial charge < -0.3 is 15.2 Å². The Bertz CT molecular complexity index is 1220. The third kappa shape index (κ3) is 5.91. The van der Waals surface area contributed by atoms with E-state index >= 15 is 0 Å². The molecule has 0 aromatic heterocycles. The van der Waals surface area contributed by atoms with E-state index in [2.05, 4.69) is 5.32 Å². The molecule has 0 amide bonds. The van der Waals surface area contributed by atoms with E-state index in [0.717, 1.165) is 31.7 Å². The lowest BCUT2D eigenvalue weighted by Gasteiger charge is -2.49. The minimum Gasteiger partial charge on any atom is -0.493 e. The molecule has 0 atom stereocenters. The summed E-state index contributed by atoms with van der Waals surface area (Å²) in [4.78, 5) is -0.0125. The number of benzene rings is 2. The van der Waals surface area contributed by atoms with E-state index < -0.39 is 21.3 Å². The van der Waals surface area contributed by atoms with Crippen LogP contribution in [0.25, 0.3) is 0 Å². The third-order valence-corrected chi connectivity index (χ3v) is 9.11. The second kappa shape index (κ2) is 10.6. The maximum Gasteiger partial charge on any atom is 0.244 e. The standard InChI is InChI=1S/C24H26Cl2FN3O4S/c25-17-2-8-23(21(26)9-17)35(32,33)30-13-24(14-30,12-29-18-3-5-19(31)6-4-18)15-34-20-7-1-16(11-28)22(27)10-20/h1-2,7-10,18-19,29,31H,3-6,12-15H2/t18-,19+. The summed E-state index contributed by atoms with van der Waals surface area (Å²) in [6.45, 7) is 1.03. The van der Waals surface area contributed by atoms with E-state index in [4.69, 9.17) is 33.2 Å². The number of nitrogens with one attached hydrogen (secondary N) is 1. The predicted octanol–water partition coefficient (Wildman–Crippen LogP) is 3.97. The largest absolute Gasteiger partial charge is 0.493 e. The zero-order valence-electron chi connectivity index (χ0n) is 18.9. The summed E-state index contributed by atoms with van der Waals surface area (Å²) in [7, 11) is -3.84. The summed E-state index contributed by atoms with van der Waals surface area (Å²) in [5.41, 5.74) is -0.624. The normalized spacial score (nSPS) is 22.3. The molecule has 0 radical (unpaired) electrons. The molecule has 0 spiro atoms. The van der Waals surface area contributed by atoms with Crippen LogP contribution in [0.5, 0.6) is 5.75 Å². The lowest BCUT2D eigenvalue weighted by Crippen LogP contribution is -2.65. The molecular formula is C24H26Cl2FN3O4S. The van der Waals surface area contributed by atoms with Crippen molar-refractivity contribution in [3.63, 3.8) is 0 Å². The van der Waals surface area contributed by atoms with E-state index in [9.17, 15) is 17.9 Å². The number of rotatable bonds is 8. The van der Waals surface area contributed by atoms with Crippen LogP contribution in [0.15, 0.2) is 41.3 Å². The Kier molecular flexibility index (Phi) is 7.91. The van der Waals surface area contributed by atoms with Gasteiger partial charge in [0.15, 0.2) is 0 Å². The van der Waals surface area contributed by atoms with Crippen molar-refractivity contribution in [3.8, 4) is 11.8 Å². The maximum absolute atomic E-state index is 14.0. The SMILES string of the molecule is N#Cc1ccc(OCC2(CN[C@H]3CC[C@@H](O)CC3)CN(S(=O)(=O)c3ccc(Cl)cc3Cl)C2)cc1F. The highest BCUT2D eigenvalue weighted by Gasteiger charge is 2.49. The molecule has 2 N–H and O–H groups in total. The van der Waals surface area contributed by atoms with Crippen molar-refractivity contribution in [2.24, 2.45) is 5.41 Å². The van der Waals surface area contributed by atoms with Gasteiger partial charge in [-0.25, -0.2) is 12.8 Å². The molecule has 4 rings (SSSR count). The van der Waals surface area contributed by atoms with Crippen molar-refractivity contribution in [2.45, 2.75) is 42.7 Å². The number of aliphatic hydroxyl groups excluding tert-OH is 1. The smallest absolute Gasteiger partial charge is 0.244 e. The number of nitriles is 1. The van der Waals surface area contributed by atoms with Crippen molar-refractivity contribution >= 4 is 33.2 Å². The Morgan fingerprint density at radius 2 is 1.89 bits per heavy atom. The fourth-order valence-corrected chi connectivity index (χ4v) is 6.92. The van der Waals surface area contributed by atoms with Gasteiger partial charge in [-0.1, -0.05) is 23.2 Å². The zero-order valence-corrected chi connectivity index (χ0v) is 21.2. The number of halogens is 3. The van der Waals surface area contributed by atoms with Crippen LogP contribution >= 0.6 is 23.2 Å². The van der Waals surface area contributed by atoms with Gasteiger partial charge in [-0.3, -0.25) is 0 Å². The predicted molar refractivity (Wildman–Crippen MR) is 131 cm³/mol. The summed E-state index contributed by atoms with van der Waals surface area (Å²) in [5.74, 6) is -0.406. The summed E-state index contributed by atoms with van der Waals surface area (Å²) in [6, 6.07) is 10.3. The Balaban J connectivity index is 1.48. The molecule has 2 aromatic rings. The van der Waals surface area contributed by atoms with Crippen LogP contribution in [0.1, 0.15) is 31.2 Å². The number of hydrogen-bond donors (Lipinski definition) is 2. The molecule has 1 aliphatic carbocycles. The van der Waals surface area contributed by atoms with E-state index in [1.165, 1.54) is 34.6 Å². The molecule has 11 heteroatoms. The van der Waals surface area contributed by atoms with Crippen LogP contribution < -0.4 is 10.1 Å². The van der Waals surface area contributed by atoms with E-state index in [0.29, 0.717) is 11.6 Å². The van der Waals surface area contributed by atoms with Gasteiger partial charge in [0.25, 0.3) is 0 Å². The second-order valence-electron chi connectivity index (χ2n) is 9.28. The first-order valence-electron chi connectivity index (χ1n) is 11.3. The molecule has 1 aliphatic heterocycles. The van der Waals surface area contributed by atoms with Crippen LogP contribution in [0.3, 0.4) is 0 Å². The average molecular weight is 542 g/mol. The van der Waals surface area contributed by atoms with Crippen LogP contribution in [0.4, 0.5) is 4.39 Å². The van der Waals surface area contributed by atoms with Crippen molar-refractivity contribution in [1.82, 2.24) is 9.62 Å². The molecular weight excluding hydrogens is 516 g/mol. The minimum absolute atomic E-state index is 0.0125. The molecule has 35 heavy (non-hydrogen) atoms. The number of nitrogens with zero attached hydrogens (tertiary/aromatic N) is 2. The van der Waals surface area contributed by atoms with Gasteiger partial charge in [-0.15, -0.1) is 0 Å². The molecule has 2 fully saturated rings. The van der Waals surface area contributed by atoms with Gasteiger partial charge in [0, 0.05) is 42.2 Å². The van der Waals surface area contributed by atoms with Gasteiger partial charge in [0.1, 0.15) is 22.5 Å². The van der Waals surface area contributed by atoms with Gasteiger partial charge >= 0.3 is 0 Å². The molecule has 1 saturated carbocycles. The first kappa shape index (κ1) is 26.1. The van der Waals surface area contributed by atoms with Crippen molar-refractivity contribution in [2.75, 3.05) is 26.2 Å². The Morgan fingerprint density at radius 1 is 1.17 bits per heavy atom. The van der Waals surface area contributed by atoms with E-state index in [-0.39, 0.29) is 53.1 Å². The molecule has 1 heterocycles. The maximum atomic E-state index is 14.0. The minimum atomic E-state index is -3.84. The third-order valence-electron chi connectivity index (χ3n) is 6.60. The Hall–Kier alpha value is -1.93. The van der Waals surface area contributed by atoms with Crippen molar-refractivity contribution < 1.29 is 22.7 Å². The van der Waals surface area contributed by atoms with Crippen molar-refractivity contribution in [1.29, 1.82) is 5.26 Å². The number of sulfonamides is 1. The van der Waals surface area contributed by atoms with E-state index in [1.807, 2.05) is 0 Å². The van der Waals surface area contributed by atoms with Gasteiger partial charge in [0.05, 0.1) is 23.3 Å².